The molecule has 1 saturated heterocycles. The third kappa shape index (κ3) is 2.19. The zero-order chi connectivity index (χ0) is 7.40. The summed E-state index contributed by atoms with van der Waals surface area (Å²) in [6, 6.07) is 0.398. The maximum Gasteiger partial charge on any atom is 0.107 e. The molecule has 1 aliphatic heterocycles. The first kappa shape index (κ1) is 7.88. The Balaban J connectivity index is 2.19. The summed E-state index contributed by atoms with van der Waals surface area (Å²) >= 11 is -0.580. The van der Waals surface area contributed by atoms with Crippen LogP contribution in [-0.2, 0) is 11.2 Å². The molecule has 0 spiro atoms. The molecule has 0 bridgehead atoms. The average molecular weight is 160 g/mol. The van der Waals surface area contributed by atoms with Crippen LogP contribution in [0.5, 0.6) is 0 Å². The molecule has 1 fully saturated rings. The molecule has 1 rings (SSSR count). The standard InChI is InChI=1S/C6H12N2OS/c7-5-8-6-1-3-10(9)4-2-6/h5-6H,1-4H2,(H2,7,8). The summed E-state index contributed by atoms with van der Waals surface area (Å²) in [7, 11) is 0. The number of hydrogen-bond acceptors (Lipinski definition) is 2. The maximum atomic E-state index is 10.8. The topological polar surface area (TPSA) is 58.9 Å². The van der Waals surface area contributed by atoms with Gasteiger partial charge in [0.25, 0.3) is 0 Å². The monoisotopic (exact) mass is 160 g/mol. The minimum atomic E-state index is -0.580. The van der Waals surface area contributed by atoms with E-state index in [1.807, 2.05) is 0 Å². The van der Waals surface area contributed by atoms with Crippen molar-refractivity contribution in [3.05, 3.63) is 0 Å². The lowest BCUT2D eigenvalue weighted by Gasteiger charge is -2.23. The van der Waals surface area contributed by atoms with E-state index in [2.05, 4.69) is 5.32 Å². The summed E-state index contributed by atoms with van der Waals surface area (Å²) in [6.45, 7) is 0. The Kier molecular flexibility index (Phi) is 3.02. The van der Waals surface area contributed by atoms with Crippen molar-refractivity contribution in [2.45, 2.75) is 18.9 Å². The maximum absolute atomic E-state index is 10.8. The Morgan fingerprint density at radius 2 is 2.10 bits per heavy atom. The third-order valence-corrected chi connectivity index (χ3v) is 3.09. The van der Waals surface area contributed by atoms with Crippen LogP contribution in [0.4, 0.5) is 0 Å². The molecule has 10 heavy (non-hydrogen) atoms. The van der Waals surface area contributed by atoms with Crippen LogP contribution in [0.2, 0.25) is 0 Å². The minimum absolute atomic E-state index is 0.398. The molecule has 0 unspecified atom stereocenters. The molecule has 1 aliphatic rings. The van der Waals surface area contributed by atoms with Gasteiger partial charge in [0.05, 0.1) is 6.34 Å². The minimum Gasteiger partial charge on any atom is -0.616 e. The molecule has 0 aromatic rings. The Hall–Kier alpha value is -0.220. The van der Waals surface area contributed by atoms with Gasteiger partial charge in [0.2, 0.25) is 0 Å². The van der Waals surface area contributed by atoms with Gasteiger partial charge in [-0.15, -0.1) is 0 Å². The second-order valence-corrected chi connectivity index (χ2v) is 4.13. The molecule has 0 aromatic carbocycles. The average Bonchev–Trinajstić information content (AvgIpc) is 1.95. The molecule has 0 radical (unpaired) electrons. The van der Waals surface area contributed by atoms with E-state index < -0.39 is 11.2 Å². The van der Waals surface area contributed by atoms with Gasteiger partial charge in [-0.05, 0) is 0 Å². The van der Waals surface area contributed by atoms with E-state index in [1.54, 1.807) is 0 Å². The third-order valence-electron chi connectivity index (χ3n) is 1.71. The van der Waals surface area contributed by atoms with Crippen molar-refractivity contribution in [3.8, 4) is 0 Å². The lowest BCUT2D eigenvalue weighted by molar-refractivity contribution is 0.523. The van der Waals surface area contributed by atoms with Crippen LogP contribution in [0, 0.1) is 5.41 Å². The van der Waals surface area contributed by atoms with Gasteiger partial charge in [0.1, 0.15) is 11.5 Å². The van der Waals surface area contributed by atoms with E-state index in [9.17, 15) is 4.55 Å². The molecule has 4 heteroatoms. The molecule has 0 aromatic heterocycles. The van der Waals surface area contributed by atoms with Gasteiger partial charge in [-0.2, -0.15) is 0 Å². The molecule has 0 amide bonds. The SMILES string of the molecule is N=CNC1CC[S+]([O-])CC1. The molecule has 0 atom stereocenters. The van der Waals surface area contributed by atoms with Gasteiger partial charge in [0.15, 0.2) is 0 Å². The van der Waals surface area contributed by atoms with Crippen LogP contribution in [0.3, 0.4) is 0 Å². The fourth-order valence-corrected chi connectivity index (χ4v) is 2.38. The van der Waals surface area contributed by atoms with Crippen LogP contribution < -0.4 is 5.32 Å². The lowest BCUT2D eigenvalue weighted by atomic mass is 10.2. The smallest absolute Gasteiger partial charge is 0.107 e. The van der Waals surface area contributed by atoms with E-state index >= 15 is 0 Å². The highest BCUT2D eigenvalue weighted by atomic mass is 32.2. The number of hydrogen-bond donors (Lipinski definition) is 2. The van der Waals surface area contributed by atoms with E-state index in [0.29, 0.717) is 6.04 Å². The Morgan fingerprint density at radius 1 is 1.50 bits per heavy atom. The van der Waals surface area contributed by atoms with Gasteiger partial charge in [-0.25, -0.2) is 0 Å². The van der Waals surface area contributed by atoms with Crippen LogP contribution in [-0.4, -0.2) is 28.4 Å². The quantitative estimate of drug-likeness (QED) is 0.342. The fourth-order valence-electron chi connectivity index (χ4n) is 1.08. The molecule has 2 N–H and O–H groups in total. The second-order valence-electron chi connectivity index (χ2n) is 2.43. The first-order valence-electron chi connectivity index (χ1n) is 3.43. The lowest BCUT2D eigenvalue weighted by Crippen LogP contribution is -2.36. The number of nitrogens with one attached hydrogen (secondary N) is 2. The van der Waals surface area contributed by atoms with Gasteiger partial charge in [-0.1, -0.05) is 11.2 Å². The summed E-state index contributed by atoms with van der Waals surface area (Å²) < 4.78 is 10.8. The molecular weight excluding hydrogens is 148 g/mol. The number of rotatable bonds is 2. The highest BCUT2D eigenvalue weighted by Crippen LogP contribution is 2.11. The fraction of sp³-hybridized carbons (Fsp3) is 0.833. The highest BCUT2D eigenvalue weighted by molar-refractivity contribution is 7.91. The van der Waals surface area contributed by atoms with Crippen molar-refractivity contribution < 1.29 is 4.55 Å². The molecule has 3 nitrogen and oxygen atoms in total. The van der Waals surface area contributed by atoms with E-state index in [4.69, 9.17) is 5.41 Å². The largest absolute Gasteiger partial charge is 0.616 e. The Bertz CT molecular complexity index is 112. The summed E-state index contributed by atoms with van der Waals surface area (Å²) in [5, 5.41) is 9.69. The van der Waals surface area contributed by atoms with Crippen molar-refractivity contribution in [2.24, 2.45) is 0 Å². The second kappa shape index (κ2) is 3.83. The van der Waals surface area contributed by atoms with Gasteiger partial charge < -0.3 is 9.87 Å². The summed E-state index contributed by atoms with van der Waals surface area (Å²) in [5.41, 5.74) is 0. The molecule has 58 valence electrons. The van der Waals surface area contributed by atoms with Crippen LogP contribution in [0.15, 0.2) is 0 Å². The predicted molar refractivity (Wildman–Crippen MR) is 42.8 cm³/mol. The summed E-state index contributed by atoms with van der Waals surface area (Å²) in [5.74, 6) is 1.59. The zero-order valence-electron chi connectivity index (χ0n) is 5.80. The first-order chi connectivity index (χ1) is 4.83. The van der Waals surface area contributed by atoms with Crippen LogP contribution in [0.25, 0.3) is 0 Å². The van der Waals surface area contributed by atoms with Crippen LogP contribution in [0.1, 0.15) is 12.8 Å². The Labute approximate surface area is 63.9 Å². The summed E-state index contributed by atoms with van der Waals surface area (Å²) in [6.07, 6.45) is 3.11. The van der Waals surface area contributed by atoms with Crippen LogP contribution >= 0.6 is 0 Å². The molecule has 1 heterocycles. The predicted octanol–water partition coefficient (Wildman–Crippen LogP) is 0.0942. The normalized spacial score (nSPS) is 33.3. The van der Waals surface area contributed by atoms with Crippen molar-refractivity contribution in [1.82, 2.24) is 5.32 Å². The summed E-state index contributed by atoms with van der Waals surface area (Å²) in [4.78, 5) is 0. The Morgan fingerprint density at radius 3 is 2.60 bits per heavy atom. The van der Waals surface area contributed by atoms with Crippen molar-refractivity contribution in [2.75, 3.05) is 11.5 Å². The first-order valence-corrected chi connectivity index (χ1v) is 4.91. The highest BCUT2D eigenvalue weighted by Gasteiger charge is 2.20. The molecule has 0 aliphatic carbocycles. The van der Waals surface area contributed by atoms with E-state index in [0.717, 1.165) is 24.3 Å². The van der Waals surface area contributed by atoms with Gasteiger partial charge in [0, 0.05) is 18.9 Å². The van der Waals surface area contributed by atoms with E-state index in [-0.39, 0.29) is 0 Å². The van der Waals surface area contributed by atoms with Crippen molar-refractivity contribution in [1.29, 1.82) is 5.41 Å². The van der Waals surface area contributed by atoms with Gasteiger partial charge in [-0.3, -0.25) is 5.41 Å². The van der Waals surface area contributed by atoms with Gasteiger partial charge >= 0.3 is 0 Å². The van der Waals surface area contributed by atoms with Crippen molar-refractivity contribution in [3.63, 3.8) is 0 Å². The van der Waals surface area contributed by atoms with E-state index in [1.165, 1.54) is 6.34 Å². The van der Waals surface area contributed by atoms with Crippen molar-refractivity contribution >= 4 is 17.5 Å². The molecule has 0 saturated carbocycles. The zero-order valence-corrected chi connectivity index (χ0v) is 6.62. The molecular formula is C6H12N2OS.